The number of hydrogen-bond acceptors (Lipinski definition) is 6. The summed E-state index contributed by atoms with van der Waals surface area (Å²) < 4.78 is 5.99. The molecule has 6 nitrogen and oxygen atoms in total. The zero-order chi connectivity index (χ0) is 23.1. The highest BCUT2D eigenvalue weighted by atomic mass is 35.5. The molecule has 172 valence electrons. The van der Waals surface area contributed by atoms with E-state index >= 15 is 0 Å². The minimum atomic E-state index is -0.653. The fraction of sp³-hybridized carbons (Fsp3) is 0.417. The number of carbonyl (C=O) groups is 2. The second-order valence-corrected chi connectivity index (χ2v) is 9.96. The summed E-state index contributed by atoms with van der Waals surface area (Å²) in [6, 6.07) is 14.9. The standard InChI is InChI=1S/C24H29ClN2O4S/c1-15(2)10-19(26-13-21(28)17-4-3-5-18(25)12-17)14-31-20-8-6-16(7-9-20)11-22-23(29)27-24(30)32-22/h3-9,12,15,19,21-22,26,28H,10-11,13-14H2,1-2H3,(H,27,29,30)/t19-,21+,22?/m0/s1. The van der Waals surface area contributed by atoms with Crippen LogP contribution in [-0.2, 0) is 11.2 Å². The SMILES string of the molecule is CC(C)C[C@@H](COc1ccc(CC2SC(=O)NC2=O)cc1)NC[C@@H](O)c1cccc(Cl)c1. The maximum atomic E-state index is 11.7. The monoisotopic (exact) mass is 476 g/mol. The van der Waals surface area contributed by atoms with Crippen LogP contribution in [0, 0.1) is 5.92 Å². The normalized spacial score (nSPS) is 18.0. The molecule has 1 saturated heterocycles. The number of nitrogens with one attached hydrogen (secondary N) is 2. The molecule has 0 spiro atoms. The van der Waals surface area contributed by atoms with Gasteiger partial charge in [0.05, 0.1) is 11.4 Å². The van der Waals surface area contributed by atoms with E-state index in [4.69, 9.17) is 16.3 Å². The molecule has 1 aliphatic heterocycles. The van der Waals surface area contributed by atoms with Gasteiger partial charge in [0.25, 0.3) is 5.24 Å². The molecule has 0 bridgehead atoms. The second kappa shape index (κ2) is 11.7. The molecule has 1 heterocycles. The maximum Gasteiger partial charge on any atom is 0.286 e. The molecule has 2 aromatic carbocycles. The van der Waals surface area contributed by atoms with E-state index in [0.717, 1.165) is 35.1 Å². The molecule has 1 fully saturated rings. The summed E-state index contributed by atoms with van der Waals surface area (Å²) in [5, 5.41) is 16.1. The van der Waals surface area contributed by atoms with E-state index in [1.54, 1.807) is 12.1 Å². The molecule has 2 aromatic rings. The quantitative estimate of drug-likeness (QED) is 0.447. The lowest BCUT2D eigenvalue weighted by atomic mass is 10.0. The van der Waals surface area contributed by atoms with E-state index in [1.807, 2.05) is 36.4 Å². The number of amides is 2. The van der Waals surface area contributed by atoms with Crippen LogP contribution in [0.4, 0.5) is 4.79 Å². The lowest BCUT2D eigenvalue weighted by Gasteiger charge is -2.23. The van der Waals surface area contributed by atoms with Gasteiger partial charge in [0.2, 0.25) is 5.91 Å². The first-order valence-corrected chi connectivity index (χ1v) is 12.0. The average molecular weight is 477 g/mol. The number of thioether (sulfide) groups is 1. The third-order valence-electron chi connectivity index (χ3n) is 5.15. The smallest absolute Gasteiger partial charge is 0.286 e. The summed E-state index contributed by atoms with van der Waals surface area (Å²) in [5.41, 5.74) is 1.75. The Bertz CT molecular complexity index is 922. The van der Waals surface area contributed by atoms with Crippen molar-refractivity contribution in [1.82, 2.24) is 10.6 Å². The molecule has 8 heteroatoms. The van der Waals surface area contributed by atoms with Crippen molar-refractivity contribution in [3.8, 4) is 5.75 Å². The van der Waals surface area contributed by atoms with Gasteiger partial charge >= 0.3 is 0 Å². The Kier molecular flexibility index (Phi) is 8.99. The minimum absolute atomic E-state index is 0.0770. The number of imide groups is 1. The number of aliphatic hydroxyl groups excluding tert-OH is 1. The maximum absolute atomic E-state index is 11.7. The molecular formula is C24H29ClN2O4S. The Labute approximate surface area is 198 Å². The summed E-state index contributed by atoms with van der Waals surface area (Å²) >= 11 is 7.06. The zero-order valence-electron chi connectivity index (χ0n) is 18.2. The molecule has 0 aliphatic carbocycles. The van der Waals surface area contributed by atoms with Crippen molar-refractivity contribution in [2.24, 2.45) is 5.92 Å². The predicted molar refractivity (Wildman–Crippen MR) is 128 cm³/mol. The highest BCUT2D eigenvalue weighted by Gasteiger charge is 2.31. The number of hydrogen-bond donors (Lipinski definition) is 3. The Morgan fingerprint density at radius 3 is 2.56 bits per heavy atom. The molecule has 0 saturated carbocycles. The van der Waals surface area contributed by atoms with Crippen LogP contribution in [0.3, 0.4) is 0 Å². The van der Waals surface area contributed by atoms with Crippen LogP contribution in [0.15, 0.2) is 48.5 Å². The zero-order valence-corrected chi connectivity index (χ0v) is 19.8. The third kappa shape index (κ3) is 7.52. The van der Waals surface area contributed by atoms with Gasteiger partial charge in [-0.2, -0.15) is 0 Å². The summed E-state index contributed by atoms with van der Waals surface area (Å²) in [4.78, 5) is 23.0. The molecular weight excluding hydrogens is 448 g/mol. The van der Waals surface area contributed by atoms with Crippen molar-refractivity contribution < 1.29 is 19.4 Å². The molecule has 1 unspecified atom stereocenters. The molecule has 3 N–H and O–H groups in total. The van der Waals surface area contributed by atoms with Gasteiger partial charge in [-0.15, -0.1) is 0 Å². The number of ether oxygens (including phenoxy) is 1. The Hall–Kier alpha value is -2.06. The van der Waals surface area contributed by atoms with E-state index in [2.05, 4.69) is 24.5 Å². The fourth-order valence-corrected chi connectivity index (χ4v) is 4.61. The molecule has 0 aromatic heterocycles. The average Bonchev–Trinajstić information content (AvgIpc) is 3.07. The first-order chi connectivity index (χ1) is 15.3. The Balaban J connectivity index is 1.51. The largest absolute Gasteiger partial charge is 0.492 e. The summed E-state index contributed by atoms with van der Waals surface area (Å²) in [5.74, 6) is 0.974. The Morgan fingerprint density at radius 2 is 1.94 bits per heavy atom. The lowest BCUT2D eigenvalue weighted by Crippen LogP contribution is -2.38. The number of aliphatic hydroxyl groups is 1. The van der Waals surface area contributed by atoms with E-state index in [9.17, 15) is 14.7 Å². The second-order valence-electron chi connectivity index (χ2n) is 8.35. The van der Waals surface area contributed by atoms with Crippen LogP contribution in [0.25, 0.3) is 0 Å². The molecule has 3 rings (SSSR count). The van der Waals surface area contributed by atoms with Gasteiger partial charge in [0.1, 0.15) is 12.4 Å². The third-order valence-corrected chi connectivity index (χ3v) is 6.37. The van der Waals surface area contributed by atoms with Crippen molar-refractivity contribution in [1.29, 1.82) is 0 Å². The topological polar surface area (TPSA) is 87.7 Å². The number of halogens is 1. The number of rotatable bonds is 11. The highest BCUT2D eigenvalue weighted by molar-refractivity contribution is 8.15. The van der Waals surface area contributed by atoms with Gasteiger partial charge in [-0.05, 0) is 54.2 Å². The van der Waals surface area contributed by atoms with Crippen LogP contribution in [0.2, 0.25) is 5.02 Å². The van der Waals surface area contributed by atoms with E-state index in [1.165, 1.54) is 0 Å². The Morgan fingerprint density at radius 1 is 1.19 bits per heavy atom. The van der Waals surface area contributed by atoms with Gasteiger partial charge in [-0.3, -0.25) is 14.9 Å². The minimum Gasteiger partial charge on any atom is -0.492 e. The molecule has 3 atom stereocenters. The van der Waals surface area contributed by atoms with Crippen LogP contribution in [0.1, 0.15) is 37.5 Å². The van der Waals surface area contributed by atoms with Gasteiger partial charge in [-0.1, -0.05) is 61.5 Å². The van der Waals surface area contributed by atoms with Gasteiger partial charge in [-0.25, -0.2) is 0 Å². The van der Waals surface area contributed by atoms with Crippen molar-refractivity contribution in [3.05, 3.63) is 64.7 Å². The van der Waals surface area contributed by atoms with Gasteiger partial charge in [0.15, 0.2) is 0 Å². The van der Waals surface area contributed by atoms with Crippen molar-refractivity contribution in [3.63, 3.8) is 0 Å². The summed E-state index contributed by atoms with van der Waals surface area (Å²) in [7, 11) is 0. The van der Waals surface area contributed by atoms with E-state index < -0.39 is 6.10 Å². The molecule has 32 heavy (non-hydrogen) atoms. The van der Waals surface area contributed by atoms with Crippen molar-refractivity contribution >= 4 is 34.5 Å². The van der Waals surface area contributed by atoms with Crippen molar-refractivity contribution in [2.45, 2.75) is 44.1 Å². The predicted octanol–water partition coefficient (Wildman–Crippen LogP) is 4.35. The van der Waals surface area contributed by atoms with Crippen molar-refractivity contribution in [2.75, 3.05) is 13.2 Å². The first-order valence-electron chi connectivity index (χ1n) is 10.7. The van der Waals surface area contributed by atoms with Crippen LogP contribution >= 0.6 is 23.4 Å². The van der Waals surface area contributed by atoms with Crippen LogP contribution < -0.4 is 15.4 Å². The first kappa shape index (κ1) is 24.6. The van der Waals surface area contributed by atoms with Crippen LogP contribution in [0.5, 0.6) is 5.75 Å². The highest BCUT2D eigenvalue weighted by Crippen LogP contribution is 2.24. The van der Waals surface area contributed by atoms with E-state index in [0.29, 0.717) is 30.5 Å². The fourth-order valence-electron chi connectivity index (χ4n) is 3.55. The number of carbonyl (C=O) groups excluding carboxylic acids is 2. The lowest BCUT2D eigenvalue weighted by molar-refractivity contribution is -0.118. The molecule has 1 aliphatic rings. The summed E-state index contributed by atoms with van der Waals surface area (Å²) in [6.07, 6.45) is 0.754. The van der Waals surface area contributed by atoms with Gasteiger partial charge in [0, 0.05) is 17.6 Å². The number of benzene rings is 2. The van der Waals surface area contributed by atoms with Gasteiger partial charge < -0.3 is 15.2 Å². The molecule has 2 amide bonds. The van der Waals surface area contributed by atoms with E-state index in [-0.39, 0.29) is 22.4 Å². The molecule has 0 radical (unpaired) electrons. The summed E-state index contributed by atoms with van der Waals surface area (Å²) in [6.45, 7) is 5.17. The van der Waals surface area contributed by atoms with Crippen LogP contribution in [-0.4, -0.2) is 40.7 Å².